The molecule has 2 amide bonds. The predicted octanol–water partition coefficient (Wildman–Crippen LogP) is 1.81. The fourth-order valence-electron chi connectivity index (χ4n) is 1.80. The van der Waals surface area contributed by atoms with Crippen molar-refractivity contribution in [2.75, 3.05) is 18.5 Å². The Hall–Kier alpha value is -1.88. The zero-order chi connectivity index (χ0) is 13.0. The third-order valence-electron chi connectivity index (χ3n) is 2.68. The van der Waals surface area contributed by atoms with Gasteiger partial charge in [0, 0.05) is 24.7 Å². The van der Waals surface area contributed by atoms with Crippen molar-refractivity contribution in [2.45, 2.75) is 19.8 Å². The van der Waals surface area contributed by atoms with Gasteiger partial charge in [-0.3, -0.25) is 14.4 Å². The van der Waals surface area contributed by atoms with E-state index in [1.165, 1.54) is 12.0 Å². The van der Waals surface area contributed by atoms with Gasteiger partial charge in [-0.25, -0.2) is 5.06 Å². The van der Waals surface area contributed by atoms with E-state index in [9.17, 15) is 9.59 Å². The van der Waals surface area contributed by atoms with Gasteiger partial charge in [0.25, 0.3) is 5.91 Å². The number of benzene rings is 1. The molecule has 0 aromatic heterocycles. The highest BCUT2D eigenvalue weighted by atomic mass is 16.7. The van der Waals surface area contributed by atoms with E-state index in [4.69, 9.17) is 4.84 Å². The normalized spacial score (nSPS) is 15.3. The standard InChI is InChI=1S/C13H16N2O3/c1-10(16)14-12-6-4-11(5-7-12)13(17)15-8-2-3-9-18-15/h4-7H,2-3,8-9H2,1H3,(H,14,16). The van der Waals surface area contributed by atoms with Crippen LogP contribution in [0.1, 0.15) is 30.1 Å². The summed E-state index contributed by atoms with van der Waals surface area (Å²) in [5, 5.41) is 4.06. The monoisotopic (exact) mass is 248 g/mol. The van der Waals surface area contributed by atoms with Gasteiger partial charge >= 0.3 is 0 Å². The molecular formula is C13H16N2O3. The molecular weight excluding hydrogens is 232 g/mol. The van der Waals surface area contributed by atoms with E-state index >= 15 is 0 Å². The summed E-state index contributed by atoms with van der Waals surface area (Å²) in [6.07, 6.45) is 1.96. The molecule has 18 heavy (non-hydrogen) atoms. The van der Waals surface area contributed by atoms with Crippen molar-refractivity contribution in [3.63, 3.8) is 0 Å². The van der Waals surface area contributed by atoms with Crippen LogP contribution in [0.4, 0.5) is 5.69 Å². The smallest absolute Gasteiger partial charge is 0.277 e. The number of hydroxylamine groups is 2. The summed E-state index contributed by atoms with van der Waals surface area (Å²) in [5.74, 6) is -0.266. The largest absolute Gasteiger partial charge is 0.326 e. The van der Waals surface area contributed by atoms with Crippen LogP contribution in [0.2, 0.25) is 0 Å². The van der Waals surface area contributed by atoms with Crippen LogP contribution >= 0.6 is 0 Å². The van der Waals surface area contributed by atoms with Crippen LogP contribution in [0.3, 0.4) is 0 Å². The molecule has 1 N–H and O–H groups in total. The third kappa shape index (κ3) is 3.07. The number of nitrogens with zero attached hydrogens (tertiary/aromatic N) is 1. The van der Waals surface area contributed by atoms with Crippen LogP contribution in [0.5, 0.6) is 0 Å². The lowest BCUT2D eigenvalue weighted by Crippen LogP contribution is -2.35. The van der Waals surface area contributed by atoms with Crippen molar-refractivity contribution < 1.29 is 14.4 Å². The number of hydrogen-bond acceptors (Lipinski definition) is 3. The summed E-state index contributed by atoms with van der Waals surface area (Å²) in [6, 6.07) is 6.79. The summed E-state index contributed by atoms with van der Waals surface area (Å²) in [5.41, 5.74) is 1.24. The van der Waals surface area contributed by atoms with Crippen molar-refractivity contribution in [1.82, 2.24) is 5.06 Å². The number of anilines is 1. The molecule has 5 nitrogen and oxygen atoms in total. The van der Waals surface area contributed by atoms with Gasteiger partial charge in [-0.1, -0.05) is 0 Å². The Kier molecular flexibility index (Phi) is 3.94. The minimum atomic E-state index is -0.135. The van der Waals surface area contributed by atoms with Gasteiger partial charge < -0.3 is 5.32 Å². The van der Waals surface area contributed by atoms with E-state index in [1.54, 1.807) is 24.3 Å². The molecule has 1 aromatic carbocycles. The van der Waals surface area contributed by atoms with E-state index in [-0.39, 0.29) is 11.8 Å². The summed E-state index contributed by atoms with van der Waals surface area (Å²) in [7, 11) is 0. The van der Waals surface area contributed by atoms with Crippen LogP contribution in [0.25, 0.3) is 0 Å². The van der Waals surface area contributed by atoms with Gasteiger partial charge in [0.05, 0.1) is 6.61 Å². The van der Waals surface area contributed by atoms with Crippen molar-refractivity contribution in [3.8, 4) is 0 Å². The molecule has 0 atom stereocenters. The van der Waals surface area contributed by atoms with Crippen molar-refractivity contribution >= 4 is 17.5 Å². The van der Waals surface area contributed by atoms with E-state index in [2.05, 4.69) is 5.32 Å². The van der Waals surface area contributed by atoms with Gasteiger partial charge in [0.15, 0.2) is 0 Å². The van der Waals surface area contributed by atoms with E-state index in [1.807, 2.05) is 0 Å². The lowest BCUT2D eigenvalue weighted by molar-refractivity contribution is -0.144. The molecule has 1 fully saturated rings. The summed E-state index contributed by atoms with van der Waals surface area (Å²) >= 11 is 0. The molecule has 1 aliphatic rings. The minimum absolute atomic E-state index is 0.131. The zero-order valence-electron chi connectivity index (χ0n) is 10.3. The van der Waals surface area contributed by atoms with Crippen molar-refractivity contribution in [2.24, 2.45) is 0 Å². The molecule has 0 spiro atoms. The molecule has 2 rings (SSSR count). The first kappa shape index (κ1) is 12.6. The van der Waals surface area contributed by atoms with Gasteiger partial charge in [-0.15, -0.1) is 0 Å². The van der Waals surface area contributed by atoms with Gasteiger partial charge in [0.2, 0.25) is 5.91 Å². The first-order valence-corrected chi connectivity index (χ1v) is 5.99. The van der Waals surface area contributed by atoms with E-state index < -0.39 is 0 Å². The Morgan fingerprint density at radius 3 is 2.50 bits per heavy atom. The lowest BCUT2D eigenvalue weighted by atomic mass is 10.2. The average Bonchev–Trinajstić information content (AvgIpc) is 2.39. The molecule has 0 unspecified atom stereocenters. The fourth-order valence-corrected chi connectivity index (χ4v) is 1.80. The number of hydrogen-bond donors (Lipinski definition) is 1. The summed E-state index contributed by atoms with van der Waals surface area (Å²) < 4.78 is 0. The molecule has 1 aliphatic heterocycles. The minimum Gasteiger partial charge on any atom is -0.326 e. The number of amides is 2. The first-order valence-electron chi connectivity index (χ1n) is 5.99. The highest BCUT2D eigenvalue weighted by molar-refractivity contribution is 5.95. The highest BCUT2D eigenvalue weighted by Gasteiger charge is 2.19. The van der Waals surface area contributed by atoms with Crippen LogP contribution in [-0.4, -0.2) is 30.0 Å². The summed E-state index contributed by atoms with van der Waals surface area (Å²) in [6.45, 7) is 2.67. The maximum absolute atomic E-state index is 12.0. The molecule has 0 saturated carbocycles. The molecule has 1 saturated heterocycles. The first-order chi connectivity index (χ1) is 8.66. The van der Waals surface area contributed by atoms with Gasteiger partial charge in [0.1, 0.15) is 0 Å². The van der Waals surface area contributed by atoms with E-state index in [0.717, 1.165) is 12.8 Å². The SMILES string of the molecule is CC(=O)Nc1ccc(C(=O)N2CCCCO2)cc1. The Morgan fingerprint density at radius 2 is 1.94 bits per heavy atom. The van der Waals surface area contributed by atoms with Crippen LogP contribution in [-0.2, 0) is 9.63 Å². The quantitative estimate of drug-likeness (QED) is 0.868. The Bertz CT molecular complexity index is 436. The van der Waals surface area contributed by atoms with Gasteiger partial charge in [-0.2, -0.15) is 0 Å². The van der Waals surface area contributed by atoms with E-state index in [0.29, 0.717) is 24.4 Å². The Labute approximate surface area is 106 Å². The number of carbonyl (C=O) groups excluding carboxylic acids is 2. The second kappa shape index (κ2) is 5.64. The predicted molar refractivity (Wildman–Crippen MR) is 67.0 cm³/mol. The molecule has 96 valence electrons. The molecule has 0 aliphatic carbocycles. The molecule has 5 heteroatoms. The Morgan fingerprint density at radius 1 is 1.22 bits per heavy atom. The average molecular weight is 248 g/mol. The molecule has 1 aromatic rings. The second-order valence-electron chi connectivity index (χ2n) is 4.21. The molecule has 0 bridgehead atoms. The number of rotatable bonds is 2. The molecule has 0 radical (unpaired) electrons. The third-order valence-corrected chi connectivity index (χ3v) is 2.68. The number of nitrogens with one attached hydrogen (secondary N) is 1. The zero-order valence-corrected chi connectivity index (χ0v) is 10.3. The van der Waals surface area contributed by atoms with Crippen LogP contribution in [0.15, 0.2) is 24.3 Å². The van der Waals surface area contributed by atoms with Crippen LogP contribution < -0.4 is 5.32 Å². The Balaban J connectivity index is 2.04. The van der Waals surface area contributed by atoms with Crippen LogP contribution in [0, 0.1) is 0 Å². The maximum Gasteiger partial charge on any atom is 0.277 e. The second-order valence-corrected chi connectivity index (χ2v) is 4.21. The topological polar surface area (TPSA) is 58.6 Å². The van der Waals surface area contributed by atoms with Crippen molar-refractivity contribution in [1.29, 1.82) is 0 Å². The maximum atomic E-state index is 12.0. The number of carbonyl (C=O) groups is 2. The highest BCUT2D eigenvalue weighted by Crippen LogP contribution is 2.14. The van der Waals surface area contributed by atoms with Crippen molar-refractivity contribution in [3.05, 3.63) is 29.8 Å². The summed E-state index contributed by atoms with van der Waals surface area (Å²) in [4.78, 5) is 28.2. The lowest BCUT2D eigenvalue weighted by Gasteiger charge is -2.25. The van der Waals surface area contributed by atoms with Gasteiger partial charge in [-0.05, 0) is 37.1 Å². The fraction of sp³-hybridized carbons (Fsp3) is 0.385. The molecule has 1 heterocycles.